The summed E-state index contributed by atoms with van der Waals surface area (Å²) >= 11 is 0. The lowest BCUT2D eigenvalue weighted by Gasteiger charge is -2.46. The molecule has 120 valence electrons. The molecule has 3 heteroatoms. The van der Waals surface area contributed by atoms with Crippen molar-refractivity contribution in [3.8, 4) is 0 Å². The molecule has 0 saturated carbocycles. The third-order valence-corrected chi connectivity index (χ3v) is 5.66. The molecule has 2 aromatic rings. The van der Waals surface area contributed by atoms with Crippen molar-refractivity contribution in [3.05, 3.63) is 47.5 Å². The lowest BCUT2D eigenvalue weighted by molar-refractivity contribution is -0.0702. The lowest BCUT2D eigenvalue weighted by atomic mass is 9.80. The number of carbonyl (C=O) groups excluding carboxylic acids is 1. The van der Waals surface area contributed by atoms with Crippen LogP contribution < -0.4 is 0 Å². The van der Waals surface area contributed by atoms with Crippen molar-refractivity contribution in [3.63, 3.8) is 0 Å². The molecule has 0 aliphatic carbocycles. The number of ketones is 1. The van der Waals surface area contributed by atoms with E-state index in [0.29, 0.717) is 17.9 Å². The van der Waals surface area contributed by atoms with Crippen LogP contribution in [0.3, 0.4) is 0 Å². The maximum atomic E-state index is 13.2. The summed E-state index contributed by atoms with van der Waals surface area (Å²) in [4.78, 5) is 15.6. The molecule has 2 heterocycles. The molecule has 2 aliphatic rings. The molecule has 2 fully saturated rings. The van der Waals surface area contributed by atoms with E-state index in [1.54, 1.807) is 0 Å². The summed E-state index contributed by atoms with van der Waals surface area (Å²) < 4.78 is 5.67. The van der Waals surface area contributed by atoms with Gasteiger partial charge >= 0.3 is 0 Å². The Morgan fingerprint density at radius 1 is 1.04 bits per heavy atom. The standard InChI is InChI=1S/C20H23NO2/c1-13-7-8-19(18-6-4-3-5-17(13)18)20(22)14-9-15-11-23-12-16(10-14)21(15)2/h3-8,14-16H,9-12H2,1-2H3. The predicted molar refractivity (Wildman–Crippen MR) is 91.9 cm³/mol. The van der Waals surface area contributed by atoms with Crippen LogP contribution in [-0.2, 0) is 4.74 Å². The number of hydrogen-bond acceptors (Lipinski definition) is 3. The maximum absolute atomic E-state index is 13.2. The fourth-order valence-electron chi connectivity index (χ4n) is 4.19. The van der Waals surface area contributed by atoms with E-state index < -0.39 is 0 Å². The van der Waals surface area contributed by atoms with E-state index in [1.165, 1.54) is 10.9 Å². The van der Waals surface area contributed by atoms with Gasteiger partial charge in [0.05, 0.1) is 13.2 Å². The van der Waals surface area contributed by atoms with Crippen LogP contribution in [0.2, 0.25) is 0 Å². The molecule has 2 atom stereocenters. The molecule has 2 bridgehead atoms. The Kier molecular flexibility index (Phi) is 3.70. The van der Waals surface area contributed by atoms with E-state index in [9.17, 15) is 4.79 Å². The molecular formula is C20H23NO2. The van der Waals surface area contributed by atoms with Crippen LogP contribution in [0.15, 0.2) is 36.4 Å². The molecule has 2 unspecified atom stereocenters. The number of piperidine rings is 1. The normalized spacial score (nSPS) is 28.0. The Balaban J connectivity index is 1.69. The van der Waals surface area contributed by atoms with Gasteiger partial charge in [-0.15, -0.1) is 0 Å². The highest BCUT2D eigenvalue weighted by molar-refractivity contribution is 6.09. The Bertz CT molecular complexity index is 740. The minimum atomic E-state index is 0.121. The summed E-state index contributed by atoms with van der Waals surface area (Å²) in [7, 11) is 2.17. The minimum Gasteiger partial charge on any atom is -0.378 e. The molecule has 4 rings (SSSR count). The summed E-state index contributed by atoms with van der Waals surface area (Å²) in [5.74, 6) is 0.433. The van der Waals surface area contributed by atoms with E-state index in [-0.39, 0.29) is 5.92 Å². The quantitative estimate of drug-likeness (QED) is 0.796. The number of carbonyl (C=O) groups is 1. The van der Waals surface area contributed by atoms with Crippen LogP contribution in [-0.4, -0.2) is 43.0 Å². The van der Waals surface area contributed by atoms with Gasteiger partial charge in [0.25, 0.3) is 0 Å². The molecule has 0 aromatic heterocycles. The van der Waals surface area contributed by atoms with Crippen LogP contribution in [0.4, 0.5) is 0 Å². The molecule has 23 heavy (non-hydrogen) atoms. The van der Waals surface area contributed by atoms with Crippen LogP contribution in [0.1, 0.15) is 28.8 Å². The first kappa shape index (κ1) is 14.9. The number of nitrogens with zero attached hydrogens (tertiary/aromatic N) is 1. The third kappa shape index (κ3) is 2.48. The van der Waals surface area contributed by atoms with Crippen molar-refractivity contribution in [2.24, 2.45) is 5.92 Å². The van der Waals surface area contributed by atoms with Crippen LogP contribution >= 0.6 is 0 Å². The fraction of sp³-hybridized carbons (Fsp3) is 0.450. The highest BCUT2D eigenvalue weighted by atomic mass is 16.5. The molecular weight excluding hydrogens is 286 g/mol. The number of Topliss-reactive ketones (excluding diaryl/α,β-unsaturated/α-hetero) is 1. The molecule has 0 N–H and O–H groups in total. The van der Waals surface area contributed by atoms with Crippen molar-refractivity contribution < 1.29 is 9.53 Å². The van der Waals surface area contributed by atoms with Gasteiger partial charge < -0.3 is 4.74 Å². The average Bonchev–Trinajstić information content (AvgIpc) is 2.55. The first-order chi connectivity index (χ1) is 11.1. The smallest absolute Gasteiger partial charge is 0.166 e. The summed E-state index contributed by atoms with van der Waals surface area (Å²) in [5, 5.41) is 2.28. The largest absolute Gasteiger partial charge is 0.378 e. The zero-order valence-electron chi connectivity index (χ0n) is 13.8. The minimum absolute atomic E-state index is 0.121. The Labute approximate surface area is 137 Å². The monoisotopic (exact) mass is 309 g/mol. The Hall–Kier alpha value is -1.71. The second kappa shape index (κ2) is 5.73. The second-order valence-corrected chi connectivity index (χ2v) is 7.02. The van der Waals surface area contributed by atoms with E-state index in [2.05, 4.69) is 37.1 Å². The first-order valence-electron chi connectivity index (χ1n) is 8.47. The Morgan fingerprint density at radius 2 is 1.70 bits per heavy atom. The van der Waals surface area contributed by atoms with E-state index in [1.807, 2.05) is 18.2 Å². The first-order valence-corrected chi connectivity index (χ1v) is 8.47. The molecule has 0 radical (unpaired) electrons. The van der Waals surface area contributed by atoms with Crippen molar-refractivity contribution >= 4 is 16.6 Å². The molecule has 0 amide bonds. The number of likely N-dealkylation sites (N-methyl/N-ethyl adjacent to an activating group) is 1. The van der Waals surface area contributed by atoms with Gasteiger partial charge in [-0.25, -0.2) is 0 Å². The van der Waals surface area contributed by atoms with Crippen molar-refractivity contribution in [1.82, 2.24) is 4.90 Å². The third-order valence-electron chi connectivity index (χ3n) is 5.66. The summed E-state index contributed by atoms with van der Waals surface area (Å²) in [6.45, 7) is 3.62. The van der Waals surface area contributed by atoms with Gasteiger partial charge in [-0.2, -0.15) is 0 Å². The highest BCUT2D eigenvalue weighted by Crippen LogP contribution is 2.34. The summed E-state index contributed by atoms with van der Waals surface area (Å²) in [6.07, 6.45) is 1.82. The second-order valence-electron chi connectivity index (χ2n) is 7.02. The lowest BCUT2D eigenvalue weighted by Crippen LogP contribution is -2.55. The van der Waals surface area contributed by atoms with Gasteiger partial charge in [-0.1, -0.05) is 36.4 Å². The molecule has 3 nitrogen and oxygen atoms in total. The summed E-state index contributed by atoms with van der Waals surface area (Å²) in [5.41, 5.74) is 2.12. The number of morpholine rings is 1. The zero-order chi connectivity index (χ0) is 16.0. The number of benzene rings is 2. The van der Waals surface area contributed by atoms with Gasteiger partial charge in [0.2, 0.25) is 0 Å². The number of ether oxygens (including phenoxy) is 1. The zero-order valence-corrected chi connectivity index (χ0v) is 13.8. The van der Waals surface area contributed by atoms with Crippen LogP contribution in [0.25, 0.3) is 10.8 Å². The van der Waals surface area contributed by atoms with Crippen molar-refractivity contribution in [2.45, 2.75) is 31.8 Å². The van der Waals surface area contributed by atoms with Gasteiger partial charge in [0.15, 0.2) is 5.78 Å². The predicted octanol–water partition coefficient (Wildman–Crippen LogP) is 3.44. The van der Waals surface area contributed by atoms with Gasteiger partial charge in [0.1, 0.15) is 0 Å². The number of aryl methyl sites for hydroxylation is 1. The number of rotatable bonds is 2. The average molecular weight is 309 g/mol. The highest BCUT2D eigenvalue weighted by Gasteiger charge is 2.39. The Morgan fingerprint density at radius 3 is 2.39 bits per heavy atom. The SMILES string of the molecule is Cc1ccc(C(=O)C2CC3COCC(C2)N3C)c2ccccc12. The molecule has 0 spiro atoms. The molecule has 2 aromatic carbocycles. The summed E-state index contributed by atoms with van der Waals surface area (Å²) in [6, 6.07) is 13.1. The van der Waals surface area contributed by atoms with Gasteiger partial charge in [-0.3, -0.25) is 9.69 Å². The fourth-order valence-corrected chi connectivity index (χ4v) is 4.19. The van der Waals surface area contributed by atoms with E-state index in [4.69, 9.17) is 4.74 Å². The van der Waals surface area contributed by atoms with Crippen LogP contribution in [0.5, 0.6) is 0 Å². The number of hydrogen-bond donors (Lipinski definition) is 0. The number of fused-ring (bicyclic) bond motifs is 3. The van der Waals surface area contributed by atoms with E-state index in [0.717, 1.165) is 37.0 Å². The topological polar surface area (TPSA) is 29.5 Å². The molecule has 2 aliphatic heterocycles. The molecule has 2 saturated heterocycles. The van der Waals surface area contributed by atoms with Crippen LogP contribution in [0, 0.1) is 12.8 Å². The van der Waals surface area contributed by atoms with Crippen molar-refractivity contribution in [2.75, 3.05) is 20.3 Å². The maximum Gasteiger partial charge on any atom is 0.166 e. The van der Waals surface area contributed by atoms with Crippen molar-refractivity contribution in [1.29, 1.82) is 0 Å². The van der Waals surface area contributed by atoms with E-state index >= 15 is 0 Å². The van der Waals surface area contributed by atoms with Gasteiger partial charge in [-0.05, 0) is 43.1 Å². The van der Waals surface area contributed by atoms with Gasteiger partial charge in [0, 0.05) is 23.6 Å².